The lowest BCUT2D eigenvalue weighted by atomic mass is 10.1. The van der Waals surface area contributed by atoms with Crippen molar-refractivity contribution in [3.05, 3.63) is 52.2 Å². The first-order valence-electron chi connectivity index (χ1n) is 10.7. The van der Waals surface area contributed by atoms with E-state index in [-0.39, 0.29) is 42.5 Å². The van der Waals surface area contributed by atoms with Crippen LogP contribution in [0, 0.1) is 0 Å². The summed E-state index contributed by atoms with van der Waals surface area (Å²) in [5.41, 5.74) is 1.22. The van der Waals surface area contributed by atoms with E-state index >= 15 is 0 Å². The minimum atomic E-state index is -0.0267. The number of rotatable bonds is 9. The molecule has 0 radical (unpaired) electrons. The number of nitrogens with one attached hydrogen (secondary N) is 2. The van der Waals surface area contributed by atoms with E-state index < -0.39 is 0 Å². The van der Waals surface area contributed by atoms with E-state index in [1.165, 1.54) is 23.3 Å². The Hall–Kier alpha value is -1.85. The first kappa shape index (κ1) is 26.4. The van der Waals surface area contributed by atoms with Crippen molar-refractivity contribution in [3.8, 4) is 5.75 Å². The highest BCUT2D eigenvalue weighted by Crippen LogP contribution is 2.27. The molecule has 3 rings (SSSR count). The summed E-state index contributed by atoms with van der Waals surface area (Å²) in [7, 11) is 5.19. The molecule has 2 heterocycles. The van der Waals surface area contributed by atoms with Gasteiger partial charge in [0, 0.05) is 25.5 Å². The van der Waals surface area contributed by atoms with Crippen LogP contribution >= 0.6 is 35.3 Å². The van der Waals surface area contributed by atoms with Gasteiger partial charge in [-0.05, 0) is 55.1 Å². The summed E-state index contributed by atoms with van der Waals surface area (Å²) in [5.74, 6) is 1.49. The van der Waals surface area contributed by atoms with Crippen LogP contribution in [0.3, 0.4) is 0 Å². The van der Waals surface area contributed by atoms with Gasteiger partial charge >= 0.3 is 0 Å². The molecule has 9 heteroatoms. The van der Waals surface area contributed by atoms with Crippen molar-refractivity contribution in [3.63, 3.8) is 0 Å². The first-order valence-corrected chi connectivity index (χ1v) is 11.6. The fraction of sp³-hybridized carbons (Fsp3) is 0.478. The van der Waals surface area contributed by atoms with Gasteiger partial charge in [-0.1, -0.05) is 18.2 Å². The molecule has 1 aromatic heterocycles. The second-order valence-electron chi connectivity index (χ2n) is 7.80. The number of ether oxygens (including phenoxy) is 1. The number of amides is 1. The molecule has 0 saturated carbocycles. The molecule has 1 atom stereocenters. The lowest BCUT2D eigenvalue weighted by molar-refractivity contribution is -0.127. The Balaban J connectivity index is 0.00000363. The molecule has 1 aromatic carbocycles. The smallest absolute Gasteiger partial charge is 0.243 e. The molecule has 32 heavy (non-hydrogen) atoms. The van der Waals surface area contributed by atoms with Crippen LogP contribution in [-0.4, -0.2) is 69.1 Å². The van der Waals surface area contributed by atoms with Crippen molar-refractivity contribution in [1.82, 2.24) is 20.4 Å². The molecule has 1 aliphatic heterocycles. The molecule has 176 valence electrons. The molecule has 0 bridgehead atoms. The first-order chi connectivity index (χ1) is 15.1. The van der Waals surface area contributed by atoms with Crippen LogP contribution in [0.2, 0.25) is 0 Å². The lowest BCUT2D eigenvalue weighted by Crippen LogP contribution is -2.43. The topological polar surface area (TPSA) is 69.2 Å². The SMILES string of the molecule is COc1cccc(C(CNC(=NCC(=O)N(C)C)NCc2cccs2)N2CCCC2)c1.I. The molecule has 1 amide bonds. The van der Waals surface area contributed by atoms with Gasteiger partial charge in [0.1, 0.15) is 12.3 Å². The van der Waals surface area contributed by atoms with Crippen molar-refractivity contribution in [1.29, 1.82) is 0 Å². The van der Waals surface area contributed by atoms with Gasteiger partial charge in [0.25, 0.3) is 0 Å². The number of halogens is 1. The predicted octanol–water partition coefficient (Wildman–Crippen LogP) is 3.34. The molecule has 0 aliphatic carbocycles. The number of likely N-dealkylation sites (tertiary alicyclic amines) is 1. The molecule has 7 nitrogen and oxygen atoms in total. The summed E-state index contributed by atoms with van der Waals surface area (Å²) in [6, 6.07) is 12.6. The zero-order chi connectivity index (χ0) is 22.1. The Kier molecular flexibility index (Phi) is 11.3. The third-order valence-electron chi connectivity index (χ3n) is 5.40. The molecule has 1 unspecified atom stereocenters. The second-order valence-corrected chi connectivity index (χ2v) is 8.83. The van der Waals surface area contributed by atoms with Crippen LogP contribution in [0.25, 0.3) is 0 Å². The Bertz CT molecular complexity index is 854. The quantitative estimate of drug-likeness (QED) is 0.275. The van der Waals surface area contributed by atoms with Gasteiger partial charge in [0.15, 0.2) is 5.96 Å². The van der Waals surface area contributed by atoms with Gasteiger partial charge < -0.3 is 20.3 Å². The summed E-state index contributed by atoms with van der Waals surface area (Å²) in [6.07, 6.45) is 2.44. The van der Waals surface area contributed by atoms with Gasteiger partial charge in [-0.25, -0.2) is 4.99 Å². The highest BCUT2D eigenvalue weighted by molar-refractivity contribution is 14.0. The minimum absolute atomic E-state index is 0. The van der Waals surface area contributed by atoms with E-state index in [2.05, 4.69) is 44.1 Å². The fourth-order valence-corrected chi connectivity index (χ4v) is 4.24. The zero-order valence-corrected chi connectivity index (χ0v) is 22.2. The van der Waals surface area contributed by atoms with Crippen LogP contribution in [0.5, 0.6) is 5.75 Å². The van der Waals surface area contributed by atoms with Crippen LogP contribution in [0.15, 0.2) is 46.8 Å². The molecule has 0 spiro atoms. The number of nitrogens with zero attached hydrogens (tertiary/aromatic N) is 3. The number of hydrogen-bond donors (Lipinski definition) is 2. The van der Waals surface area contributed by atoms with Gasteiger partial charge in [0.05, 0.1) is 19.7 Å². The van der Waals surface area contributed by atoms with Gasteiger partial charge in [-0.2, -0.15) is 0 Å². The highest BCUT2D eigenvalue weighted by atomic mass is 127. The van der Waals surface area contributed by atoms with Crippen molar-refractivity contribution in [2.24, 2.45) is 4.99 Å². The van der Waals surface area contributed by atoms with Crippen molar-refractivity contribution in [2.45, 2.75) is 25.4 Å². The Morgan fingerprint density at radius 2 is 2.00 bits per heavy atom. The number of carbonyl (C=O) groups excluding carboxylic acids is 1. The average molecular weight is 572 g/mol. The summed E-state index contributed by atoms with van der Waals surface area (Å²) in [4.78, 5) is 21.9. The number of aliphatic imine (C=N–C) groups is 1. The van der Waals surface area contributed by atoms with E-state index in [0.717, 1.165) is 18.8 Å². The fourth-order valence-electron chi connectivity index (χ4n) is 3.60. The maximum Gasteiger partial charge on any atom is 0.243 e. The van der Waals surface area contributed by atoms with E-state index in [4.69, 9.17) is 4.74 Å². The third kappa shape index (κ3) is 7.93. The monoisotopic (exact) mass is 571 g/mol. The number of benzene rings is 1. The Morgan fingerprint density at radius 3 is 2.66 bits per heavy atom. The largest absolute Gasteiger partial charge is 0.497 e. The number of guanidine groups is 1. The summed E-state index contributed by atoms with van der Waals surface area (Å²) >= 11 is 1.70. The molecule has 1 fully saturated rings. The summed E-state index contributed by atoms with van der Waals surface area (Å²) in [5, 5.41) is 8.91. The van der Waals surface area contributed by atoms with Gasteiger partial charge in [-0.15, -0.1) is 35.3 Å². The summed E-state index contributed by atoms with van der Waals surface area (Å²) < 4.78 is 5.44. The predicted molar refractivity (Wildman–Crippen MR) is 142 cm³/mol. The number of thiophene rings is 1. The molecular weight excluding hydrogens is 537 g/mol. The molecule has 1 aliphatic rings. The molecule has 2 aromatic rings. The Morgan fingerprint density at radius 1 is 1.22 bits per heavy atom. The number of likely N-dealkylation sites (N-methyl/N-ethyl adjacent to an activating group) is 1. The van der Waals surface area contributed by atoms with E-state index in [9.17, 15) is 4.79 Å². The highest BCUT2D eigenvalue weighted by Gasteiger charge is 2.24. The second kappa shape index (κ2) is 13.6. The summed E-state index contributed by atoms with van der Waals surface area (Å²) in [6.45, 7) is 3.64. The Labute approximate surface area is 212 Å². The zero-order valence-electron chi connectivity index (χ0n) is 19.0. The maximum absolute atomic E-state index is 12.1. The van der Waals surface area contributed by atoms with Gasteiger partial charge in [-0.3, -0.25) is 9.69 Å². The lowest BCUT2D eigenvalue weighted by Gasteiger charge is -2.29. The standard InChI is InChI=1S/C23H33N5O2S.HI/c1-27(2)22(29)17-26-23(24-15-20-10-7-13-31-20)25-16-21(28-11-4-5-12-28)18-8-6-9-19(14-18)30-3;/h6-10,13-14,21H,4-5,11-12,15-17H2,1-3H3,(H2,24,25,26);1H. The number of carbonyl (C=O) groups is 1. The average Bonchev–Trinajstić information content (AvgIpc) is 3.49. The van der Waals surface area contributed by atoms with Crippen molar-refractivity contribution >= 4 is 47.2 Å². The number of methoxy groups -OCH3 is 1. The molecule has 2 N–H and O–H groups in total. The van der Waals surface area contributed by atoms with Crippen LogP contribution in [-0.2, 0) is 11.3 Å². The van der Waals surface area contributed by atoms with Crippen LogP contribution in [0.1, 0.15) is 29.3 Å². The van der Waals surface area contributed by atoms with Gasteiger partial charge in [0.2, 0.25) is 5.91 Å². The number of hydrogen-bond acceptors (Lipinski definition) is 5. The minimum Gasteiger partial charge on any atom is -0.497 e. The normalized spacial score (nSPS) is 15.0. The van der Waals surface area contributed by atoms with Crippen molar-refractivity contribution < 1.29 is 9.53 Å². The molecular formula is C23H34IN5O2S. The van der Waals surface area contributed by atoms with E-state index in [1.807, 2.05) is 18.2 Å². The van der Waals surface area contributed by atoms with E-state index in [1.54, 1.807) is 37.4 Å². The molecule has 1 saturated heterocycles. The third-order valence-corrected chi connectivity index (χ3v) is 6.28. The van der Waals surface area contributed by atoms with Crippen molar-refractivity contribution in [2.75, 3.05) is 47.4 Å². The maximum atomic E-state index is 12.1. The van der Waals surface area contributed by atoms with Crippen LogP contribution < -0.4 is 15.4 Å². The van der Waals surface area contributed by atoms with Crippen LogP contribution in [0.4, 0.5) is 0 Å². The van der Waals surface area contributed by atoms with E-state index in [0.29, 0.717) is 19.0 Å².